The zero-order valence-corrected chi connectivity index (χ0v) is 13.3. The van der Waals surface area contributed by atoms with Crippen molar-refractivity contribution in [1.82, 2.24) is 0 Å². The number of benzene rings is 3. The zero-order valence-electron chi connectivity index (χ0n) is 11.7. The van der Waals surface area contributed by atoms with Crippen LogP contribution >= 0.6 is 15.9 Å². The van der Waals surface area contributed by atoms with Crippen molar-refractivity contribution in [2.75, 3.05) is 0 Å². The molecule has 3 aromatic carbocycles. The van der Waals surface area contributed by atoms with Gasteiger partial charge in [0.2, 0.25) is 0 Å². The van der Waals surface area contributed by atoms with Gasteiger partial charge in [-0.25, -0.2) is 0 Å². The smallest absolute Gasteiger partial charge is 0.141 e. The standard InChI is InChI=1S/C18H16BrNO/c1-12(20)14-9-10-18(16(19)11-14)21-17-8-4-6-13-5-2-3-7-15(13)17/h2-12H,20H2,1H3/t12-/m1/s1. The number of ether oxygens (including phenoxy) is 1. The Kier molecular flexibility index (Phi) is 3.95. The van der Waals surface area contributed by atoms with Gasteiger partial charge in [0.25, 0.3) is 0 Å². The molecule has 3 heteroatoms. The molecule has 0 aromatic heterocycles. The third-order valence-corrected chi connectivity index (χ3v) is 4.07. The van der Waals surface area contributed by atoms with Crippen molar-refractivity contribution in [3.05, 3.63) is 70.7 Å². The van der Waals surface area contributed by atoms with E-state index in [-0.39, 0.29) is 6.04 Å². The molecule has 0 heterocycles. The molecule has 21 heavy (non-hydrogen) atoms. The third kappa shape index (κ3) is 2.94. The van der Waals surface area contributed by atoms with Gasteiger partial charge in [-0.3, -0.25) is 0 Å². The topological polar surface area (TPSA) is 35.2 Å². The Labute approximate surface area is 132 Å². The summed E-state index contributed by atoms with van der Waals surface area (Å²) in [7, 11) is 0. The lowest BCUT2D eigenvalue weighted by Crippen LogP contribution is -2.04. The molecule has 0 saturated heterocycles. The van der Waals surface area contributed by atoms with E-state index < -0.39 is 0 Å². The highest BCUT2D eigenvalue weighted by molar-refractivity contribution is 9.10. The maximum atomic E-state index is 6.07. The first-order valence-electron chi connectivity index (χ1n) is 6.86. The van der Waals surface area contributed by atoms with Gasteiger partial charge in [0, 0.05) is 11.4 Å². The monoisotopic (exact) mass is 341 g/mol. The molecule has 0 aliphatic rings. The second kappa shape index (κ2) is 5.88. The van der Waals surface area contributed by atoms with E-state index >= 15 is 0 Å². The normalized spacial score (nSPS) is 12.3. The molecule has 3 rings (SSSR count). The molecule has 0 aliphatic heterocycles. The van der Waals surface area contributed by atoms with E-state index in [1.54, 1.807) is 0 Å². The van der Waals surface area contributed by atoms with Crippen LogP contribution in [0.5, 0.6) is 11.5 Å². The van der Waals surface area contributed by atoms with Crippen molar-refractivity contribution >= 4 is 26.7 Å². The maximum Gasteiger partial charge on any atom is 0.141 e. The molecule has 0 radical (unpaired) electrons. The van der Waals surface area contributed by atoms with Crippen LogP contribution in [0.4, 0.5) is 0 Å². The lowest BCUT2D eigenvalue weighted by atomic mass is 10.1. The molecule has 0 spiro atoms. The Balaban J connectivity index is 1.99. The van der Waals surface area contributed by atoms with Gasteiger partial charge in [0.1, 0.15) is 11.5 Å². The van der Waals surface area contributed by atoms with Crippen LogP contribution in [0.1, 0.15) is 18.5 Å². The van der Waals surface area contributed by atoms with Crippen LogP contribution in [0, 0.1) is 0 Å². The van der Waals surface area contributed by atoms with Crippen molar-refractivity contribution in [1.29, 1.82) is 0 Å². The van der Waals surface area contributed by atoms with Gasteiger partial charge in [-0.2, -0.15) is 0 Å². The van der Waals surface area contributed by atoms with E-state index in [1.165, 1.54) is 5.39 Å². The summed E-state index contributed by atoms with van der Waals surface area (Å²) >= 11 is 3.56. The number of hydrogen-bond donors (Lipinski definition) is 1. The fourth-order valence-corrected chi connectivity index (χ4v) is 2.76. The minimum Gasteiger partial charge on any atom is -0.456 e. The molecule has 2 N–H and O–H groups in total. The van der Waals surface area contributed by atoms with Gasteiger partial charge < -0.3 is 10.5 Å². The van der Waals surface area contributed by atoms with E-state index in [9.17, 15) is 0 Å². The average molecular weight is 342 g/mol. The van der Waals surface area contributed by atoms with Crippen LogP contribution in [0.2, 0.25) is 0 Å². The predicted molar refractivity (Wildman–Crippen MR) is 90.8 cm³/mol. The molecule has 0 aliphatic carbocycles. The first-order valence-corrected chi connectivity index (χ1v) is 7.65. The van der Waals surface area contributed by atoms with Gasteiger partial charge >= 0.3 is 0 Å². The van der Waals surface area contributed by atoms with Crippen molar-refractivity contribution in [3.63, 3.8) is 0 Å². The fourth-order valence-electron chi connectivity index (χ4n) is 2.29. The molecular weight excluding hydrogens is 326 g/mol. The van der Waals surface area contributed by atoms with E-state index in [2.05, 4.69) is 34.1 Å². The van der Waals surface area contributed by atoms with Crippen LogP contribution < -0.4 is 10.5 Å². The van der Waals surface area contributed by atoms with Gasteiger partial charge in [0.15, 0.2) is 0 Å². The summed E-state index contributed by atoms with van der Waals surface area (Å²) in [6, 6.07) is 20.2. The maximum absolute atomic E-state index is 6.07. The van der Waals surface area contributed by atoms with Crippen LogP contribution in [0.15, 0.2) is 65.1 Å². The summed E-state index contributed by atoms with van der Waals surface area (Å²) in [6.45, 7) is 1.97. The van der Waals surface area contributed by atoms with E-state index in [4.69, 9.17) is 10.5 Å². The Hall–Kier alpha value is -1.84. The summed E-state index contributed by atoms with van der Waals surface area (Å²) in [5, 5.41) is 2.27. The highest BCUT2D eigenvalue weighted by Gasteiger charge is 2.08. The quantitative estimate of drug-likeness (QED) is 0.690. The molecule has 0 fully saturated rings. The first-order chi connectivity index (χ1) is 10.1. The molecule has 106 valence electrons. The second-order valence-electron chi connectivity index (χ2n) is 5.06. The third-order valence-electron chi connectivity index (χ3n) is 3.45. The van der Waals surface area contributed by atoms with Gasteiger partial charge in [-0.05, 0) is 52.0 Å². The highest BCUT2D eigenvalue weighted by Crippen LogP contribution is 2.34. The average Bonchev–Trinajstić information content (AvgIpc) is 2.49. The molecule has 1 atom stereocenters. The van der Waals surface area contributed by atoms with Crippen LogP contribution in [-0.4, -0.2) is 0 Å². The van der Waals surface area contributed by atoms with Crippen LogP contribution in [0.25, 0.3) is 10.8 Å². The van der Waals surface area contributed by atoms with Crippen molar-refractivity contribution in [2.45, 2.75) is 13.0 Å². The number of rotatable bonds is 3. The van der Waals surface area contributed by atoms with Crippen molar-refractivity contribution in [2.24, 2.45) is 5.73 Å². The first kappa shape index (κ1) is 14.1. The largest absolute Gasteiger partial charge is 0.456 e. The van der Waals surface area contributed by atoms with E-state index in [0.29, 0.717) is 0 Å². The number of halogens is 1. The second-order valence-corrected chi connectivity index (χ2v) is 5.91. The van der Waals surface area contributed by atoms with Crippen molar-refractivity contribution < 1.29 is 4.74 Å². The zero-order chi connectivity index (χ0) is 14.8. The van der Waals surface area contributed by atoms with Crippen molar-refractivity contribution in [3.8, 4) is 11.5 Å². The minimum atomic E-state index is 0.00732. The van der Waals surface area contributed by atoms with Crippen LogP contribution in [-0.2, 0) is 0 Å². The summed E-state index contributed by atoms with van der Waals surface area (Å²) in [6.07, 6.45) is 0. The summed E-state index contributed by atoms with van der Waals surface area (Å²) in [5.41, 5.74) is 6.97. The summed E-state index contributed by atoms with van der Waals surface area (Å²) in [4.78, 5) is 0. The number of fused-ring (bicyclic) bond motifs is 1. The number of hydrogen-bond acceptors (Lipinski definition) is 2. The summed E-state index contributed by atoms with van der Waals surface area (Å²) < 4.78 is 6.98. The Morgan fingerprint density at radius 3 is 2.48 bits per heavy atom. The summed E-state index contributed by atoms with van der Waals surface area (Å²) in [5.74, 6) is 1.64. The molecule has 0 saturated carbocycles. The SMILES string of the molecule is C[C@@H](N)c1ccc(Oc2cccc3ccccc23)c(Br)c1. The van der Waals surface area contributed by atoms with E-state index in [0.717, 1.165) is 26.9 Å². The van der Waals surface area contributed by atoms with Gasteiger partial charge in [-0.15, -0.1) is 0 Å². The molecular formula is C18H16BrNO. The fraction of sp³-hybridized carbons (Fsp3) is 0.111. The van der Waals surface area contributed by atoms with Gasteiger partial charge in [-0.1, -0.05) is 42.5 Å². The molecule has 3 aromatic rings. The van der Waals surface area contributed by atoms with Crippen LogP contribution in [0.3, 0.4) is 0 Å². The lowest BCUT2D eigenvalue weighted by Gasteiger charge is -2.12. The number of nitrogens with two attached hydrogens (primary N) is 1. The highest BCUT2D eigenvalue weighted by atomic mass is 79.9. The lowest BCUT2D eigenvalue weighted by molar-refractivity contribution is 0.485. The predicted octanol–water partition coefficient (Wildman–Crippen LogP) is 5.41. The molecule has 0 amide bonds. The molecule has 0 unspecified atom stereocenters. The molecule has 2 nitrogen and oxygen atoms in total. The van der Waals surface area contributed by atoms with E-state index in [1.807, 2.05) is 49.4 Å². The minimum absolute atomic E-state index is 0.00732. The van der Waals surface area contributed by atoms with Gasteiger partial charge in [0.05, 0.1) is 4.47 Å². The Bertz CT molecular complexity index is 778. The molecule has 0 bridgehead atoms. The Morgan fingerprint density at radius 2 is 1.71 bits per heavy atom. The Morgan fingerprint density at radius 1 is 0.952 bits per heavy atom.